The second kappa shape index (κ2) is 7.70. The van der Waals surface area contributed by atoms with E-state index in [0.717, 1.165) is 43.8 Å². The molecule has 4 nitrogen and oxygen atoms in total. The molecule has 0 aliphatic carbocycles. The Hall–Kier alpha value is -2.72. The fraction of sp³-hybridized carbons (Fsp3) is 0.200. The van der Waals surface area contributed by atoms with Gasteiger partial charge in [-0.15, -0.1) is 0 Å². The number of carbonyl (C=O) groups excluding carboxylic acids is 2. The zero-order valence-corrected chi connectivity index (χ0v) is 13.4. The predicted octanol–water partition coefficient (Wildman–Crippen LogP) is 3.23. The third-order valence-corrected chi connectivity index (χ3v) is 4.03. The lowest BCUT2D eigenvalue weighted by Crippen LogP contribution is -2.36. The second-order valence-corrected chi connectivity index (χ2v) is 5.63. The molecule has 2 aromatic carbocycles. The molecule has 0 radical (unpaired) electrons. The standard InChI is InChI=1S/C20H19NO3/c22-15-17-3-1-16(2-4-17)5-10-20(23)18-6-8-19(9-7-18)21-11-13-24-14-12-21/h1-10,15H,11-14H2. The molecule has 0 amide bonds. The van der Waals surface area contributed by atoms with Crippen LogP contribution in [0.3, 0.4) is 0 Å². The lowest BCUT2D eigenvalue weighted by atomic mass is 10.1. The van der Waals surface area contributed by atoms with Crippen LogP contribution in [-0.4, -0.2) is 38.4 Å². The van der Waals surface area contributed by atoms with E-state index < -0.39 is 0 Å². The molecule has 0 spiro atoms. The van der Waals surface area contributed by atoms with E-state index >= 15 is 0 Å². The van der Waals surface area contributed by atoms with Crippen molar-refractivity contribution in [3.8, 4) is 0 Å². The van der Waals surface area contributed by atoms with E-state index in [9.17, 15) is 9.59 Å². The van der Waals surface area contributed by atoms with Crippen molar-refractivity contribution in [2.75, 3.05) is 31.2 Å². The fourth-order valence-electron chi connectivity index (χ4n) is 2.61. The highest BCUT2D eigenvalue weighted by Crippen LogP contribution is 2.17. The summed E-state index contributed by atoms with van der Waals surface area (Å²) >= 11 is 0. The molecule has 1 fully saturated rings. The zero-order valence-electron chi connectivity index (χ0n) is 13.4. The first-order valence-corrected chi connectivity index (χ1v) is 7.97. The number of ketones is 1. The van der Waals surface area contributed by atoms with Gasteiger partial charge in [0.2, 0.25) is 0 Å². The van der Waals surface area contributed by atoms with Crippen molar-refractivity contribution in [3.05, 3.63) is 71.3 Å². The van der Waals surface area contributed by atoms with Gasteiger partial charge in [-0.05, 0) is 35.9 Å². The molecule has 1 aliphatic heterocycles. The zero-order chi connectivity index (χ0) is 16.8. The molecular weight excluding hydrogens is 302 g/mol. The van der Waals surface area contributed by atoms with E-state index in [2.05, 4.69) is 4.90 Å². The van der Waals surface area contributed by atoms with Gasteiger partial charge >= 0.3 is 0 Å². The van der Waals surface area contributed by atoms with Gasteiger partial charge in [0.1, 0.15) is 6.29 Å². The van der Waals surface area contributed by atoms with Crippen LogP contribution < -0.4 is 4.90 Å². The quantitative estimate of drug-likeness (QED) is 0.482. The average molecular weight is 321 g/mol. The van der Waals surface area contributed by atoms with Crippen molar-refractivity contribution >= 4 is 23.8 Å². The van der Waals surface area contributed by atoms with Gasteiger partial charge < -0.3 is 9.64 Å². The van der Waals surface area contributed by atoms with Gasteiger partial charge in [0.15, 0.2) is 5.78 Å². The van der Waals surface area contributed by atoms with Crippen LogP contribution in [0.4, 0.5) is 5.69 Å². The molecule has 24 heavy (non-hydrogen) atoms. The lowest BCUT2D eigenvalue weighted by Gasteiger charge is -2.28. The average Bonchev–Trinajstić information content (AvgIpc) is 2.67. The Balaban J connectivity index is 1.65. The second-order valence-electron chi connectivity index (χ2n) is 5.63. The number of anilines is 1. The van der Waals surface area contributed by atoms with E-state index in [1.54, 1.807) is 24.3 Å². The summed E-state index contributed by atoms with van der Waals surface area (Å²) in [5.41, 5.74) is 3.28. The van der Waals surface area contributed by atoms with Crippen LogP contribution in [-0.2, 0) is 4.74 Å². The summed E-state index contributed by atoms with van der Waals surface area (Å²) in [4.78, 5) is 25.1. The number of hydrogen-bond donors (Lipinski definition) is 0. The molecule has 1 aliphatic rings. The maximum Gasteiger partial charge on any atom is 0.185 e. The minimum atomic E-state index is -0.0389. The van der Waals surface area contributed by atoms with Crippen LogP contribution in [0.5, 0.6) is 0 Å². The predicted molar refractivity (Wildman–Crippen MR) is 94.7 cm³/mol. The summed E-state index contributed by atoms with van der Waals surface area (Å²) < 4.78 is 5.35. The molecule has 1 heterocycles. The van der Waals surface area contributed by atoms with Crippen LogP contribution in [0.25, 0.3) is 6.08 Å². The first kappa shape index (κ1) is 16.1. The normalized spacial score (nSPS) is 14.8. The van der Waals surface area contributed by atoms with Crippen LogP contribution in [0.1, 0.15) is 26.3 Å². The minimum absolute atomic E-state index is 0.0389. The Morgan fingerprint density at radius 1 is 0.917 bits per heavy atom. The molecule has 122 valence electrons. The van der Waals surface area contributed by atoms with Gasteiger partial charge in [0.25, 0.3) is 0 Å². The highest BCUT2D eigenvalue weighted by molar-refractivity contribution is 6.07. The van der Waals surface area contributed by atoms with E-state index in [0.29, 0.717) is 11.1 Å². The number of aldehydes is 1. The molecule has 3 rings (SSSR count). The number of nitrogens with zero attached hydrogens (tertiary/aromatic N) is 1. The monoisotopic (exact) mass is 321 g/mol. The summed E-state index contributed by atoms with van der Waals surface area (Å²) in [5, 5.41) is 0. The molecule has 1 saturated heterocycles. The van der Waals surface area contributed by atoms with Crippen LogP contribution in [0.2, 0.25) is 0 Å². The maximum atomic E-state index is 12.3. The molecule has 0 saturated carbocycles. The van der Waals surface area contributed by atoms with Gasteiger partial charge in [0, 0.05) is 29.9 Å². The summed E-state index contributed by atoms with van der Waals surface area (Å²) in [6.45, 7) is 3.24. The largest absolute Gasteiger partial charge is 0.378 e. The van der Waals surface area contributed by atoms with E-state index in [-0.39, 0.29) is 5.78 Å². The van der Waals surface area contributed by atoms with Crippen molar-refractivity contribution < 1.29 is 14.3 Å². The number of carbonyl (C=O) groups is 2. The van der Waals surface area contributed by atoms with Gasteiger partial charge in [-0.25, -0.2) is 0 Å². The summed E-state index contributed by atoms with van der Waals surface area (Å²) in [6, 6.07) is 14.8. The van der Waals surface area contributed by atoms with Crippen molar-refractivity contribution in [2.24, 2.45) is 0 Å². The van der Waals surface area contributed by atoms with Gasteiger partial charge in [0.05, 0.1) is 13.2 Å². The van der Waals surface area contributed by atoms with E-state index in [4.69, 9.17) is 4.74 Å². The molecule has 2 aromatic rings. The summed E-state index contributed by atoms with van der Waals surface area (Å²) in [6.07, 6.45) is 4.11. The van der Waals surface area contributed by atoms with Gasteiger partial charge in [-0.1, -0.05) is 30.3 Å². The van der Waals surface area contributed by atoms with E-state index in [1.165, 1.54) is 0 Å². The Morgan fingerprint density at radius 3 is 2.17 bits per heavy atom. The van der Waals surface area contributed by atoms with Gasteiger partial charge in [-0.3, -0.25) is 9.59 Å². The Labute approximate surface area is 141 Å². The molecule has 0 bridgehead atoms. The third-order valence-electron chi connectivity index (χ3n) is 4.03. The first-order chi connectivity index (χ1) is 11.8. The lowest BCUT2D eigenvalue weighted by molar-refractivity contribution is 0.104. The minimum Gasteiger partial charge on any atom is -0.378 e. The van der Waals surface area contributed by atoms with Crippen LogP contribution >= 0.6 is 0 Å². The fourth-order valence-corrected chi connectivity index (χ4v) is 2.61. The molecular formula is C20H19NO3. The highest BCUT2D eigenvalue weighted by Gasteiger charge is 2.11. The van der Waals surface area contributed by atoms with Crippen molar-refractivity contribution in [2.45, 2.75) is 0 Å². The SMILES string of the molecule is O=Cc1ccc(C=CC(=O)c2ccc(N3CCOCC3)cc2)cc1. The van der Waals surface area contributed by atoms with Crippen molar-refractivity contribution in [1.29, 1.82) is 0 Å². The van der Waals surface area contributed by atoms with Crippen LogP contribution in [0.15, 0.2) is 54.6 Å². The summed E-state index contributed by atoms with van der Waals surface area (Å²) in [7, 11) is 0. The first-order valence-electron chi connectivity index (χ1n) is 7.97. The molecule has 0 aromatic heterocycles. The molecule has 0 atom stereocenters. The maximum absolute atomic E-state index is 12.3. The molecule has 4 heteroatoms. The smallest absolute Gasteiger partial charge is 0.185 e. The molecule has 0 unspecified atom stereocenters. The van der Waals surface area contributed by atoms with Gasteiger partial charge in [-0.2, -0.15) is 0 Å². The highest BCUT2D eigenvalue weighted by atomic mass is 16.5. The van der Waals surface area contributed by atoms with Crippen molar-refractivity contribution in [1.82, 2.24) is 0 Å². The Bertz CT molecular complexity index is 726. The van der Waals surface area contributed by atoms with E-state index in [1.807, 2.05) is 36.4 Å². The molecule has 0 N–H and O–H groups in total. The Kier molecular flexibility index (Phi) is 5.18. The number of allylic oxidation sites excluding steroid dienone is 1. The number of ether oxygens (including phenoxy) is 1. The number of rotatable bonds is 5. The van der Waals surface area contributed by atoms with Crippen molar-refractivity contribution in [3.63, 3.8) is 0 Å². The third kappa shape index (κ3) is 3.97. The topological polar surface area (TPSA) is 46.6 Å². The number of hydrogen-bond acceptors (Lipinski definition) is 4. The van der Waals surface area contributed by atoms with Crippen LogP contribution in [0, 0.1) is 0 Å². The number of morpholine rings is 1. The summed E-state index contributed by atoms with van der Waals surface area (Å²) in [5.74, 6) is -0.0389. The number of benzene rings is 2. The Morgan fingerprint density at radius 2 is 1.54 bits per heavy atom.